The monoisotopic (exact) mass is 440 g/mol. The molecular formula is C23H32N6O3. The molecule has 9 nitrogen and oxygen atoms in total. The van der Waals surface area contributed by atoms with Crippen LogP contribution in [0.15, 0.2) is 36.5 Å². The molecule has 0 bridgehead atoms. The van der Waals surface area contributed by atoms with E-state index in [2.05, 4.69) is 58.3 Å². The number of aliphatic hydroxyl groups excluding tert-OH is 1. The highest BCUT2D eigenvalue weighted by atomic mass is 16.6. The number of amides is 1. The number of cyclic esters (lactones) is 1. The van der Waals surface area contributed by atoms with Crippen molar-refractivity contribution in [2.24, 2.45) is 5.73 Å². The predicted molar refractivity (Wildman–Crippen MR) is 122 cm³/mol. The minimum Gasteiger partial charge on any atom is -0.444 e. The number of nitrogens with zero attached hydrogens (tertiary/aromatic N) is 4. The van der Waals surface area contributed by atoms with E-state index in [9.17, 15) is 9.90 Å². The van der Waals surface area contributed by atoms with E-state index < -0.39 is 12.3 Å². The van der Waals surface area contributed by atoms with E-state index in [1.54, 1.807) is 12.3 Å². The van der Waals surface area contributed by atoms with Gasteiger partial charge in [-0.2, -0.15) is 4.98 Å². The lowest BCUT2D eigenvalue weighted by Crippen LogP contribution is -2.48. The number of ether oxygens (including phenoxy) is 1. The molecule has 3 heterocycles. The fourth-order valence-corrected chi connectivity index (χ4v) is 4.18. The first-order chi connectivity index (χ1) is 15.2. The number of benzene rings is 1. The highest BCUT2D eigenvalue weighted by Gasteiger charge is 2.34. The fraction of sp³-hybridized carbons (Fsp3) is 0.522. The number of hydrogen-bond donors (Lipinski definition) is 3. The fourth-order valence-electron chi connectivity index (χ4n) is 4.18. The summed E-state index contributed by atoms with van der Waals surface area (Å²) in [4.78, 5) is 24.0. The highest BCUT2D eigenvalue weighted by Crippen LogP contribution is 2.29. The van der Waals surface area contributed by atoms with Crippen LogP contribution >= 0.6 is 0 Å². The summed E-state index contributed by atoms with van der Waals surface area (Å²) >= 11 is 0. The second-order valence-electron chi connectivity index (χ2n) is 9.06. The summed E-state index contributed by atoms with van der Waals surface area (Å²) in [7, 11) is 0. The molecule has 2 aliphatic heterocycles. The molecule has 4 N–H and O–H groups in total. The van der Waals surface area contributed by atoms with E-state index in [0.29, 0.717) is 17.8 Å². The van der Waals surface area contributed by atoms with Crippen LogP contribution in [0.3, 0.4) is 0 Å². The Balaban J connectivity index is 1.40. The van der Waals surface area contributed by atoms with Crippen LogP contribution in [0.25, 0.3) is 0 Å². The molecule has 0 aliphatic carbocycles. The molecule has 1 aromatic heterocycles. The molecule has 0 saturated carbocycles. The van der Waals surface area contributed by atoms with Crippen molar-refractivity contribution in [3.05, 3.63) is 47.7 Å². The van der Waals surface area contributed by atoms with Crippen molar-refractivity contribution in [1.29, 1.82) is 0 Å². The van der Waals surface area contributed by atoms with Gasteiger partial charge in [-0.3, -0.25) is 4.90 Å². The lowest BCUT2D eigenvalue weighted by atomic mass is 9.89. The lowest BCUT2D eigenvalue weighted by molar-refractivity contribution is 0.132. The van der Waals surface area contributed by atoms with Crippen LogP contribution in [0.1, 0.15) is 56.8 Å². The van der Waals surface area contributed by atoms with Crippen molar-refractivity contribution in [2.75, 3.05) is 29.9 Å². The van der Waals surface area contributed by atoms with Crippen molar-refractivity contribution in [1.82, 2.24) is 14.9 Å². The van der Waals surface area contributed by atoms with E-state index in [0.717, 1.165) is 36.4 Å². The van der Waals surface area contributed by atoms with Crippen LogP contribution in [0.5, 0.6) is 0 Å². The molecule has 1 unspecified atom stereocenters. The summed E-state index contributed by atoms with van der Waals surface area (Å²) in [6, 6.07) is 10.4. The number of carbonyl (C=O) groups excluding carboxylic acids is 1. The molecule has 2 saturated heterocycles. The minimum atomic E-state index is -1.05. The Hall–Kier alpha value is -2.75. The Morgan fingerprint density at radius 2 is 1.84 bits per heavy atom. The molecule has 0 radical (unpaired) electrons. The third kappa shape index (κ3) is 4.85. The molecule has 4 rings (SSSR count). The Kier molecular flexibility index (Phi) is 6.32. The van der Waals surface area contributed by atoms with Gasteiger partial charge < -0.3 is 20.9 Å². The van der Waals surface area contributed by atoms with Gasteiger partial charge in [0.05, 0.1) is 6.04 Å². The molecule has 172 valence electrons. The Morgan fingerprint density at radius 3 is 2.47 bits per heavy atom. The Bertz CT molecular complexity index is 941. The van der Waals surface area contributed by atoms with Crippen molar-refractivity contribution < 1.29 is 14.6 Å². The van der Waals surface area contributed by atoms with E-state index in [1.165, 1.54) is 5.56 Å². The zero-order valence-corrected chi connectivity index (χ0v) is 18.9. The Morgan fingerprint density at radius 1 is 1.19 bits per heavy atom. The number of carbonyl (C=O) groups is 1. The molecule has 2 fully saturated rings. The number of piperidine rings is 1. The molecule has 9 heteroatoms. The zero-order valence-electron chi connectivity index (χ0n) is 18.9. The number of nitrogens with one attached hydrogen (secondary N) is 1. The van der Waals surface area contributed by atoms with Crippen LogP contribution in [0.2, 0.25) is 0 Å². The largest absolute Gasteiger partial charge is 0.444 e. The molecule has 3 atom stereocenters. The number of rotatable bonds is 6. The number of nitrogens with two attached hydrogens (primary N) is 1. The van der Waals surface area contributed by atoms with E-state index in [-0.39, 0.29) is 18.2 Å². The van der Waals surface area contributed by atoms with Crippen LogP contribution in [-0.4, -0.2) is 57.5 Å². The van der Waals surface area contributed by atoms with Crippen LogP contribution in [0.4, 0.5) is 16.6 Å². The van der Waals surface area contributed by atoms with Crippen LogP contribution < -0.4 is 16.0 Å². The SMILES string of the molecule is CC(c1ccc([C@H](C)Nc2nccc(N3C(=O)OC[C@@H]3O)n2)cc1)N1CCC(C)(N)CC1. The first-order valence-corrected chi connectivity index (χ1v) is 11.1. The quantitative estimate of drug-likeness (QED) is 0.628. The number of aliphatic hydroxyl groups is 1. The maximum atomic E-state index is 11.8. The summed E-state index contributed by atoms with van der Waals surface area (Å²) in [6.45, 7) is 8.36. The standard InChI is InChI=1S/C23H32N6O3/c1-15(26-21-25-11-8-19(27-21)29-20(30)14-32-22(29)31)17-4-6-18(7-5-17)16(2)28-12-9-23(3,24)10-13-28/h4-8,11,15-16,20,30H,9-10,12-14,24H2,1-3H3,(H,25,26,27)/t15-,16?,20-/m0/s1. The highest BCUT2D eigenvalue weighted by molar-refractivity contribution is 5.88. The maximum absolute atomic E-state index is 11.8. The van der Waals surface area contributed by atoms with Gasteiger partial charge in [-0.05, 0) is 50.8 Å². The van der Waals surface area contributed by atoms with Gasteiger partial charge >= 0.3 is 6.09 Å². The van der Waals surface area contributed by atoms with E-state index in [1.807, 2.05) is 6.92 Å². The van der Waals surface area contributed by atoms with E-state index in [4.69, 9.17) is 10.5 Å². The van der Waals surface area contributed by atoms with E-state index >= 15 is 0 Å². The third-order valence-corrected chi connectivity index (χ3v) is 6.49. The number of aromatic nitrogens is 2. The van der Waals surface area contributed by atoms with Gasteiger partial charge in [0.25, 0.3) is 0 Å². The van der Waals surface area contributed by atoms with Crippen molar-refractivity contribution in [3.8, 4) is 0 Å². The van der Waals surface area contributed by atoms with Gasteiger partial charge in [0.15, 0.2) is 6.23 Å². The summed E-state index contributed by atoms with van der Waals surface area (Å²) in [5.74, 6) is 0.668. The van der Waals surface area contributed by atoms with Crippen molar-refractivity contribution >= 4 is 17.9 Å². The van der Waals surface area contributed by atoms with Gasteiger partial charge in [0.1, 0.15) is 12.4 Å². The number of hydrogen-bond acceptors (Lipinski definition) is 8. The average Bonchev–Trinajstić information content (AvgIpc) is 3.11. The maximum Gasteiger partial charge on any atom is 0.417 e. The van der Waals surface area contributed by atoms with Crippen LogP contribution in [0, 0.1) is 0 Å². The molecule has 2 aromatic rings. The van der Waals surface area contributed by atoms with Gasteiger partial charge in [-0.15, -0.1) is 0 Å². The first kappa shape index (κ1) is 22.4. The molecule has 1 amide bonds. The predicted octanol–water partition coefficient (Wildman–Crippen LogP) is 2.80. The summed E-state index contributed by atoms with van der Waals surface area (Å²) in [5, 5.41) is 13.2. The first-order valence-electron chi connectivity index (χ1n) is 11.1. The normalized spacial score (nSPS) is 23.0. The third-order valence-electron chi connectivity index (χ3n) is 6.49. The number of anilines is 2. The molecular weight excluding hydrogens is 408 g/mol. The summed E-state index contributed by atoms with van der Waals surface area (Å²) < 4.78 is 4.85. The lowest BCUT2D eigenvalue weighted by Gasteiger charge is -2.40. The minimum absolute atomic E-state index is 0.0435. The second-order valence-corrected chi connectivity index (χ2v) is 9.06. The topological polar surface area (TPSA) is 117 Å². The summed E-state index contributed by atoms with van der Waals surface area (Å²) in [5.41, 5.74) is 8.60. The average molecular weight is 441 g/mol. The van der Waals surface area contributed by atoms with Crippen LogP contribution in [-0.2, 0) is 4.74 Å². The molecule has 1 aromatic carbocycles. The molecule has 32 heavy (non-hydrogen) atoms. The Labute approximate surface area is 188 Å². The summed E-state index contributed by atoms with van der Waals surface area (Å²) in [6.07, 6.45) is 1.91. The number of likely N-dealkylation sites (tertiary alicyclic amines) is 1. The van der Waals surface area contributed by atoms with Gasteiger partial charge in [-0.25, -0.2) is 14.7 Å². The van der Waals surface area contributed by atoms with Crippen molar-refractivity contribution in [3.63, 3.8) is 0 Å². The second kappa shape index (κ2) is 9.01. The van der Waals surface area contributed by atoms with Gasteiger partial charge in [-0.1, -0.05) is 24.3 Å². The smallest absolute Gasteiger partial charge is 0.417 e. The van der Waals surface area contributed by atoms with Gasteiger partial charge in [0.2, 0.25) is 5.95 Å². The zero-order chi connectivity index (χ0) is 22.9. The van der Waals surface area contributed by atoms with Crippen molar-refractivity contribution in [2.45, 2.75) is 57.5 Å². The van der Waals surface area contributed by atoms with Gasteiger partial charge in [0, 0.05) is 30.9 Å². The molecule has 0 spiro atoms. The molecule has 2 aliphatic rings.